The van der Waals surface area contributed by atoms with E-state index in [1.165, 1.54) is 0 Å². The Morgan fingerprint density at radius 2 is 2.07 bits per heavy atom. The van der Waals surface area contributed by atoms with Crippen LogP contribution in [0.15, 0.2) is 18.3 Å². The molecule has 84 valence electrons. The molecule has 1 aromatic heterocycles. The van der Waals surface area contributed by atoms with Gasteiger partial charge in [0, 0.05) is 6.04 Å². The topological polar surface area (TPSA) is 34.1 Å². The van der Waals surface area contributed by atoms with Crippen molar-refractivity contribution in [3.8, 4) is 5.75 Å². The molecule has 0 aromatic carbocycles. The number of hydrogen-bond acceptors (Lipinski definition) is 3. The van der Waals surface area contributed by atoms with Crippen LogP contribution in [0.3, 0.4) is 0 Å². The van der Waals surface area contributed by atoms with Gasteiger partial charge in [0.1, 0.15) is 5.75 Å². The van der Waals surface area contributed by atoms with Crippen LogP contribution in [0.4, 0.5) is 0 Å². The average Bonchev–Trinajstić information content (AvgIpc) is 2.26. The van der Waals surface area contributed by atoms with Crippen LogP contribution in [0.5, 0.6) is 5.75 Å². The van der Waals surface area contributed by atoms with Gasteiger partial charge in [0.15, 0.2) is 0 Å². The molecule has 0 aliphatic heterocycles. The molecule has 0 bridgehead atoms. The highest BCUT2D eigenvalue weighted by atomic mass is 16.5. The van der Waals surface area contributed by atoms with Crippen LogP contribution in [-0.2, 0) is 0 Å². The molecule has 1 unspecified atom stereocenters. The second-order valence-corrected chi connectivity index (χ2v) is 4.13. The standard InChI is InChI=1S/C12H20N2O/c1-9(2)8-15-11-5-6-12(14-7-11)10(3)13-4/h5-7,9-10,13H,8H2,1-4H3. The zero-order valence-electron chi connectivity index (χ0n) is 9.95. The van der Waals surface area contributed by atoms with Gasteiger partial charge in [0.2, 0.25) is 0 Å². The maximum Gasteiger partial charge on any atom is 0.137 e. The molecule has 1 aromatic rings. The van der Waals surface area contributed by atoms with E-state index >= 15 is 0 Å². The van der Waals surface area contributed by atoms with Crippen molar-refractivity contribution in [2.24, 2.45) is 5.92 Å². The van der Waals surface area contributed by atoms with Gasteiger partial charge in [-0.05, 0) is 32.0 Å². The highest BCUT2D eigenvalue weighted by molar-refractivity contribution is 5.21. The SMILES string of the molecule is CNC(C)c1ccc(OCC(C)C)cn1. The van der Waals surface area contributed by atoms with E-state index in [9.17, 15) is 0 Å². The van der Waals surface area contributed by atoms with Crippen molar-refractivity contribution in [2.45, 2.75) is 26.8 Å². The van der Waals surface area contributed by atoms with Gasteiger partial charge in [-0.2, -0.15) is 0 Å². The van der Waals surface area contributed by atoms with Crippen LogP contribution in [0, 0.1) is 5.92 Å². The molecule has 0 radical (unpaired) electrons. The maximum absolute atomic E-state index is 5.55. The molecule has 0 aliphatic carbocycles. The van der Waals surface area contributed by atoms with Gasteiger partial charge in [-0.1, -0.05) is 13.8 Å². The number of hydrogen-bond donors (Lipinski definition) is 1. The second kappa shape index (κ2) is 5.71. The Morgan fingerprint density at radius 3 is 2.53 bits per heavy atom. The second-order valence-electron chi connectivity index (χ2n) is 4.13. The van der Waals surface area contributed by atoms with E-state index in [1.54, 1.807) is 6.20 Å². The van der Waals surface area contributed by atoms with E-state index in [2.05, 4.69) is 31.1 Å². The quantitative estimate of drug-likeness (QED) is 0.806. The van der Waals surface area contributed by atoms with Crippen molar-refractivity contribution >= 4 is 0 Å². The summed E-state index contributed by atoms with van der Waals surface area (Å²) in [6.45, 7) is 7.08. The van der Waals surface area contributed by atoms with Crippen LogP contribution in [0.1, 0.15) is 32.5 Å². The van der Waals surface area contributed by atoms with Gasteiger partial charge in [-0.3, -0.25) is 4.98 Å². The smallest absolute Gasteiger partial charge is 0.137 e. The van der Waals surface area contributed by atoms with Crippen LogP contribution >= 0.6 is 0 Å². The lowest BCUT2D eigenvalue weighted by molar-refractivity contribution is 0.270. The third-order valence-corrected chi connectivity index (χ3v) is 2.22. The van der Waals surface area contributed by atoms with Crippen molar-refractivity contribution in [2.75, 3.05) is 13.7 Å². The lowest BCUT2D eigenvalue weighted by Gasteiger charge is -2.11. The van der Waals surface area contributed by atoms with Crippen LogP contribution in [0.2, 0.25) is 0 Å². The van der Waals surface area contributed by atoms with Gasteiger partial charge < -0.3 is 10.1 Å². The molecule has 1 N–H and O–H groups in total. The minimum Gasteiger partial charge on any atom is -0.492 e. The maximum atomic E-state index is 5.55. The Balaban J connectivity index is 2.56. The van der Waals surface area contributed by atoms with Crippen LogP contribution < -0.4 is 10.1 Å². The third kappa shape index (κ3) is 3.88. The number of ether oxygens (including phenoxy) is 1. The molecule has 0 saturated heterocycles. The molecule has 3 heteroatoms. The molecule has 0 aliphatic rings. The molecule has 3 nitrogen and oxygen atoms in total. The molecule has 0 fully saturated rings. The summed E-state index contributed by atoms with van der Waals surface area (Å²) < 4.78 is 5.55. The van der Waals surface area contributed by atoms with E-state index in [4.69, 9.17) is 4.74 Å². The van der Waals surface area contributed by atoms with Gasteiger partial charge in [-0.15, -0.1) is 0 Å². The van der Waals surface area contributed by atoms with E-state index in [1.807, 2.05) is 19.2 Å². The fourth-order valence-corrected chi connectivity index (χ4v) is 1.14. The number of aromatic nitrogens is 1. The van der Waals surface area contributed by atoms with Crippen molar-refractivity contribution in [1.29, 1.82) is 0 Å². The first-order valence-electron chi connectivity index (χ1n) is 5.39. The van der Waals surface area contributed by atoms with Gasteiger partial charge >= 0.3 is 0 Å². The predicted molar refractivity (Wildman–Crippen MR) is 62.0 cm³/mol. The summed E-state index contributed by atoms with van der Waals surface area (Å²) in [5.74, 6) is 1.39. The summed E-state index contributed by atoms with van der Waals surface area (Å²) in [5.41, 5.74) is 1.04. The van der Waals surface area contributed by atoms with Crippen molar-refractivity contribution in [3.63, 3.8) is 0 Å². The summed E-state index contributed by atoms with van der Waals surface area (Å²) in [6, 6.07) is 4.25. The summed E-state index contributed by atoms with van der Waals surface area (Å²) in [7, 11) is 1.93. The summed E-state index contributed by atoms with van der Waals surface area (Å²) in [4.78, 5) is 4.34. The highest BCUT2D eigenvalue weighted by Gasteiger charge is 2.04. The highest BCUT2D eigenvalue weighted by Crippen LogP contribution is 2.14. The number of nitrogens with one attached hydrogen (secondary N) is 1. The summed E-state index contributed by atoms with van der Waals surface area (Å²) in [6.07, 6.45) is 1.78. The Kier molecular flexibility index (Phi) is 4.56. The first kappa shape index (κ1) is 12.0. The fourth-order valence-electron chi connectivity index (χ4n) is 1.14. The molecule has 0 amide bonds. The monoisotopic (exact) mass is 208 g/mol. The van der Waals surface area contributed by atoms with Gasteiger partial charge in [0.05, 0.1) is 18.5 Å². The van der Waals surface area contributed by atoms with E-state index < -0.39 is 0 Å². The number of pyridine rings is 1. The number of nitrogens with zero attached hydrogens (tertiary/aromatic N) is 1. The lowest BCUT2D eigenvalue weighted by atomic mass is 10.2. The third-order valence-electron chi connectivity index (χ3n) is 2.22. The Labute approximate surface area is 91.9 Å². The Bertz CT molecular complexity index is 282. The Hall–Kier alpha value is -1.09. The van der Waals surface area contributed by atoms with Crippen LogP contribution in [0.25, 0.3) is 0 Å². The van der Waals surface area contributed by atoms with Gasteiger partial charge in [-0.25, -0.2) is 0 Å². The van der Waals surface area contributed by atoms with Crippen molar-refractivity contribution in [1.82, 2.24) is 10.3 Å². The predicted octanol–water partition coefficient (Wildman–Crippen LogP) is 2.40. The minimum atomic E-state index is 0.282. The molecule has 0 spiro atoms. The van der Waals surface area contributed by atoms with Crippen molar-refractivity contribution in [3.05, 3.63) is 24.0 Å². The van der Waals surface area contributed by atoms with E-state index in [-0.39, 0.29) is 6.04 Å². The molecule has 1 heterocycles. The van der Waals surface area contributed by atoms with Crippen LogP contribution in [-0.4, -0.2) is 18.6 Å². The lowest BCUT2D eigenvalue weighted by Crippen LogP contribution is -2.13. The summed E-state index contributed by atoms with van der Waals surface area (Å²) >= 11 is 0. The zero-order chi connectivity index (χ0) is 11.3. The molecular formula is C12H20N2O. The average molecular weight is 208 g/mol. The molecule has 1 atom stereocenters. The molecular weight excluding hydrogens is 188 g/mol. The molecule has 0 saturated carbocycles. The van der Waals surface area contributed by atoms with E-state index in [0.717, 1.165) is 18.1 Å². The van der Waals surface area contributed by atoms with Crippen molar-refractivity contribution < 1.29 is 4.74 Å². The van der Waals surface area contributed by atoms with E-state index in [0.29, 0.717) is 5.92 Å². The minimum absolute atomic E-state index is 0.282. The largest absolute Gasteiger partial charge is 0.492 e. The molecule has 1 rings (SSSR count). The normalized spacial score (nSPS) is 12.9. The first-order valence-corrected chi connectivity index (χ1v) is 5.39. The Morgan fingerprint density at radius 1 is 1.33 bits per heavy atom. The molecule has 15 heavy (non-hydrogen) atoms. The van der Waals surface area contributed by atoms with Gasteiger partial charge in [0.25, 0.3) is 0 Å². The number of rotatable bonds is 5. The zero-order valence-corrected chi connectivity index (χ0v) is 9.95. The first-order chi connectivity index (χ1) is 7.13. The summed E-state index contributed by atoms with van der Waals surface area (Å²) in [5, 5.41) is 3.15. The fraction of sp³-hybridized carbons (Fsp3) is 0.583.